The predicted octanol–water partition coefficient (Wildman–Crippen LogP) is 7.27. The molecule has 0 aliphatic heterocycles. The minimum atomic E-state index is -0.362. The number of carbonyl (C=O) groups is 1. The largest absolute Gasteiger partial charge is 0.328 e. The topological polar surface area (TPSA) is 55.2 Å². The molecule has 0 saturated heterocycles. The first-order valence-electron chi connectivity index (χ1n) is 12.2. The Kier molecular flexibility index (Phi) is 8.37. The van der Waals surface area contributed by atoms with Crippen LogP contribution in [0.5, 0.6) is 0 Å². The van der Waals surface area contributed by atoms with Crippen molar-refractivity contribution in [3.05, 3.63) is 92.1 Å². The van der Waals surface area contributed by atoms with Gasteiger partial charge in [0.2, 0.25) is 0 Å². The smallest absolute Gasteiger partial charge is 0.266 e. The van der Waals surface area contributed by atoms with Crippen molar-refractivity contribution in [1.29, 1.82) is 0 Å². The number of unbranched alkanes of at least 4 members (excludes halogenated alkanes) is 3. The van der Waals surface area contributed by atoms with Crippen LogP contribution in [0, 0.1) is 0 Å². The molecule has 182 valence electrons. The van der Waals surface area contributed by atoms with Crippen LogP contribution in [0.1, 0.15) is 67.5 Å². The van der Waals surface area contributed by atoms with Crippen LogP contribution in [0.2, 0.25) is 5.02 Å². The van der Waals surface area contributed by atoms with Crippen LogP contribution < -0.4 is 5.56 Å². The molecule has 0 spiro atoms. The van der Waals surface area contributed by atoms with Crippen LogP contribution in [-0.2, 0) is 0 Å². The molecule has 1 amide bonds. The first-order chi connectivity index (χ1) is 17.0. The summed E-state index contributed by atoms with van der Waals surface area (Å²) in [7, 11) is 0. The molecule has 1 unspecified atom stereocenters. The average molecular weight is 508 g/mol. The van der Waals surface area contributed by atoms with E-state index in [1.165, 1.54) is 11.3 Å². The van der Waals surface area contributed by atoms with Gasteiger partial charge in [0.1, 0.15) is 5.82 Å². The van der Waals surface area contributed by atoms with E-state index in [0.717, 1.165) is 25.7 Å². The van der Waals surface area contributed by atoms with E-state index < -0.39 is 0 Å². The van der Waals surface area contributed by atoms with Crippen LogP contribution in [0.4, 0.5) is 0 Å². The van der Waals surface area contributed by atoms with Gasteiger partial charge in [-0.3, -0.25) is 14.2 Å². The second-order valence-electron chi connectivity index (χ2n) is 8.56. The van der Waals surface area contributed by atoms with Gasteiger partial charge in [0.05, 0.1) is 27.5 Å². The number of amides is 1. The van der Waals surface area contributed by atoms with E-state index in [0.29, 0.717) is 45.3 Å². The van der Waals surface area contributed by atoms with Gasteiger partial charge in [-0.15, -0.1) is 11.3 Å². The summed E-state index contributed by atoms with van der Waals surface area (Å²) >= 11 is 7.58. The molecule has 5 nitrogen and oxygen atoms in total. The van der Waals surface area contributed by atoms with Crippen molar-refractivity contribution in [2.45, 2.75) is 52.0 Å². The molecule has 0 radical (unpaired) electrons. The molecule has 0 fully saturated rings. The molecule has 2 aromatic carbocycles. The zero-order valence-corrected chi connectivity index (χ0v) is 21.7. The Morgan fingerprint density at radius 1 is 1.03 bits per heavy atom. The highest BCUT2D eigenvalue weighted by atomic mass is 35.5. The number of thiophene rings is 1. The van der Waals surface area contributed by atoms with Gasteiger partial charge in [-0.05, 0) is 60.7 Å². The summed E-state index contributed by atoms with van der Waals surface area (Å²) < 4.78 is 1.65. The second-order valence-corrected chi connectivity index (χ2v) is 9.95. The first-order valence-corrected chi connectivity index (χ1v) is 13.4. The van der Waals surface area contributed by atoms with Gasteiger partial charge in [0, 0.05) is 11.6 Å². The third kappa shape index (κ3) is 5.49. The summed E-state index contributed by atoms with van der Waals surface area (Å²) in [5.41, 5.74) is 1.16. The average Bonchev–Trinajstić information content (AvgIpc) is 3.42. The van der Waals surface area contributed by atoms with Gasteiger partial charge >= 0.3 is 0 Å². The molecule has 1 atom stereocenters. The van der Waals surface area contributed by atoms with E-state index in [9.17, 15) is 9.59 Å². The first kappa shape index (κ1) is 25.1. The molecule has 2 heterocycles. The number of carbonyl (C=O) groups excluding carboxylic acids is 1. The quantitative estimate of drug-likeness (QED) is 0.212. The molecule has 0 aliphatic rings. The van der Waals surface area contributed by atoms with Crippen LogP contribution >= 0.6 is 22.9 Å². The van der Waals surface area contributed by atoms with Gasteiger partial charge in [-0.25, -0.2) is 4.98 Å². The predicted molar refractivity (Wildman–Crippen MR) is 145 cm³/mol. The van der Waals surface area contributed by atoms with Crippen molar-refractivity contribution < 1.29 is 4.79 Å². The number of para-hydroxylation sites is 1. The lowest BCUT2D eigenvalue weighted by molar-refractivity contribution is 0.0660. The molecule has 4 aromatic rings. The Morgan fingerprint density at radius 3 is 2.49 bits per heavy atom. The summed E-state index contributed by atoms with van der Waals surface area (Å²) in [5, 5.41) is 3.05. The van der Waals surface area contributed by atoms with Crippen molar-refractivity contribution in [1.82, 2.24) is 14.5 Å². The van der Waals surface area contributed by atoms with Gasteiger partial charge in [-0.2, -0.15) is 0 Å². The maximum absolute atomic E-state index is 13.8. The highest BCUT2D eigenvalue weighted by molar-refractivity contribution is 7.12. The lowest BCUT2D eigenvalue weighted by atomic mass is 10.1. The number of benzene rings is 2. The third-order valence-electron chi connectivity index (χ3n) is 6.19. The number of aromatic nitrogens is 2. The Balaban J connectivity index is 1.88. The molecule has 2 aromatic heterocycles. The molecule has 35 heavy (non-hydrogen) atoms. The lowest BCUT2D eigenvalue weighted by Gasteiger charge is -2.32. The molecule has 0 N–H and O–H groups in total. The van der Waals surface area contributed by atoms with Gasteiger partial charge in [-0.1, -0.05) is 62.9 Å². The van der Waals surface area contributed by atoms with Crippen LogP contribution in [-0.4, -0.2) is 26.9 Å². The number of halogens is 1. The highest BCUT2D eigenvalue weighted by Gasteiger charge is 2.30. The van der Waals surface area contributed by atoms with Gasteiger partial charge < -0.3 is 4.90 Å². The zero-order valence-electron chi connectivity index (χ0n) is 20.1. The van der Waals surface area contributed by atoms with E-state index in [4.69, 9.17) is 16.6 Å². The van der Waals surface area contributed by atoms with E-state index in [1.807, 2.05) is 59.7 Å². The highest BCUT2D eigenvalue weighted by Crippen LogP contribution is 2.29. The van der Waals surface area contributed by atoms with Crippen molar-refractivity contribution >= 4 is 39.7 Å². The van der Waals surface area contributed by atoms with E-state index in [2.05, 4.69) is 6.92 Å². The second kappa shape index (κ2) is 11.6. The lowest BCUT2D eigenvalue weighted by Crippen LogP contribution is -2.39. The SMILES string of the molecule is CCCCCCN(C(=O)c1cccs1)C(CC)c1nc2ccccc2c(=O)n1-c1ccc(Cl)cc1. The van der Waals surface area contributed by atoms with Crippen LogP contribution in [0.3, 0.4) is 0 Å². The minimum Gasteiger partial charge on any atom is -0.328 e. The summed E-state index contributed by atoms with van der Waals surface area (Å²) in [5.74, 6) is 0.548. The summed E-state index contributed by atoms with van der Waals surface area (Å²) in [6.07, 6.45) is 4.83. The molecule has 0 aliphatic carbocycles. The Labute approximate surface area is 215 Å². The Morgan fingerprint density at radius 2 is 1.80 bits per heavy atom. The third-order valence-corrected chi connectivity index (χ3v) is 7.30. The molecule has 0 bridgehead atoms. The number of rotatable bonds is 10. The van der Waals surface area contributed by atoms with Gasteiger partial charge in [0.25, 0.3) is 11.5 Å². The minimum absolute atomic E-state index is 0.0200. The molecule has 0 saturated carbocycles. The van der Waals surface area contributed by atoms with Crippen molar-refractivity contribution in [3.8, 4) is 5.69 Å². The number of nitrogens with zero attached hydrogens (tertiary/aromatic N) is 3. The van der Waals surface area contributed by atoms with E-state index in [1.54, 1.807) is 22.8 Å². The Hall–Kier alpha value is -2.96. The van der Waals surface area contributed by atoms with E-state index >= 15 is 0 Å². The maximum atomic E-state index is 13.8. The zero-order chi connectivity index (χ0) is 24.8. The summed E-state index contributed by atoms with van der Waals surface area (Å²) in [4.78, 5) is 35.0. The fourth-order valence-electron chi connectivity index (χ4n) is 4.41. The molecular weight excluding hydrogens is 478 g/mol. The van der Waals surface area contributed by atoms with Crippen molar-refractivity contribution in [2.75, 3.05) is 6.54 Å². The molecular formula is C28H30ClN3O2S. The Bertz CT molecular complexity index is 1330. The fourth-order valence-corrected chi connectivity index (χ4v) is 5.21. The standard InChI is InChI=1S/C28H30ClN3O2S/c1-3-5-6-9-18-31(28(34)25-13-10-19-35-25)24(4-2)26-30-23-12-8-7-11-22(23)27(33)32(26)21-16-14-20(29)15-17-21/h7-8,10-17,19,24H,3-6,9,18H2,1-2H3. The van der Waals surface area contributed by atoms with Gasteiger partial charge in [0.15, 0.2) is 0 Å². The number of hydrogen-bond acceptors (Lipinski definition) is 4. The molecule has 7 heteroatoms. The fraction of sp³-hybridized carbons (Fsp3) is 0.321. The summed E-state index contributed by atoms with van der Waals surface area (Å²) in [6.45, 7) is 4.82. The number of fused-ring (bicyclic) bond motifs is 1. The van der Waals surface area contributed by atoms with E-state index in [-0.39, 0.29) is 17.5 Å². The monoisotopic (exact) mass is 507 g/mol. The van der Waals surface area contributed by atoms with Crippen molar-refractivity contribution in [3.63, 3.8) is 0 Å². The maximum Gasteiger partial charge on any atom is 0.266 e. The molecule has 4 rings (SSSR count). The van der Waals surface area contributed by atoms with Crippen LogP contribution in [0.25, 0.3) is 16.6 Å². The normalized spacial score (nSPS) is 12.1. The van der Waals surface area contributed by atoms with Crippen LogP contribution in [0.15, 0.2) is 70.8 Å². The van der Waals surface area contributed by atoms with Crippen molar-refractivity contribution in [2.24, 2.45) is 0 Å². The summed E-state index contributed by atoms with van der Waals surface area (Å²) in [6, 6.07) is 17.9. The number of hydrogen-bond donors (Lipinski definition) is 0.